The van der Waals surface area contributed by atoms with E-state index in [-0.39, 0.29) is 6.61 Å². The van der Waals surface area contributed by atoms with Gasteiger partial charge in [0.15, 0.2) is 0 Å². The number of benzene rings is 1. The number of halogens is 1. The fourth-order valence-electron chi connectivity index (χ4n) is 1.64. The lowest BCUT2D eigenvalue weighted by molar-refractivity contribution is 0.282. The van der Waals surface area contributed by atoms with Crippen LogP contribution in [0.15, 0.2) is 36.7 Å². The molecule has 0 aliphatic rings. The number of methoxy groups -OCH3 is 1. The maximum absolute atomic E-state index is 13.8. The van der Waals surface area contributed by atoms with Gasteiger partial charge in [-0.1, -0.05) is 0 Å². The molecule has 0 unspecified atom stereocenters. The third-order valence-electron chi connectivity index (χ3n) is 2.55. The number of aliphatic hydroxyl groups is 1. The standard InChI is InChI=1S/C13H12FNO2/c1-17-10-2-3-11(13(14)6-10)12-7-15-5-4-9(12)8-16/h2-7,16H,8H2,1H3. The van der Waals surface area contributed by atoms with Crippen LogP contribution < -0.4 is 4.74 Å². The first-order valence-electron chi connectivity index (χ1n) is 5.14. The lowest BCUT2D eigenvalue weighted by Crippen LogP contribution is -1.94. The van der Waals surface area contributed by atoms with E-state index in [4.69, 9.17) is 4.74 Å². The Morgan fingerprint density at radius 3 is 2.76 bits per heavy atom. The molecule has 0 radical (unpaired) electrons. The van der Waals surface area contributed by atoms with Crippen LogP contribution >= 0.6 is 0 Å². The first-order chi connectivity index (χ1) is 8.26. The number of pyridine rings is 1. The molecule has 0 saturated carbocycles. The van der Waals surface area contributed by atoms with E-state index in [1.54, 1.807) is 24.4 Å². The highest BCUT2D eigenvalue weighted by Crippen LogP contribution is 2.28. The summed E-state index contributed by atoms with van der Waals surface area (Å²) in [5.41, 5.74) is 1.64. The lowest BCUT2D eigenvalue weighted by atomic mass is 10.0. The van der Waals surface area contributed by atoms with E-state index in [1.807, 2.05) is 0 Å². The Balaban J connectivity index is 2.53. The van der Waals surface area contributed by atoms with Crippen molar-refractivity contribution >= 4 is 0 Å². The summed E-state index contributed by atoms with van der Waals surface area (Å²) < 4.78 is 18.8. The average molecular weight is 233 g/mol. The van der Waals surface area contributed by atoms with Crippen molar-refractivity contribution in [2.24, 2.45) is 0 Å². The summed E-state index contributed by atoms with van der Waals surface area (Å²) in [6, 6.07) is 6.26. The monoisotopic (exact) mass is 233 g/mol. The molecule has 2 aromatic rings. The first kappa shape index (κ1) is 11.5. The second-order valence-electron chi connectivity index (χ2n) is 3.54. The third-order valence-corrected chi connectivity index (χ3v) is 2.55. The molecule has 0 aliphatic heterocycles. The number of aromatic nitrogens is 1. The second kappa shape index (κ2) is 4.93. The van der Waals surface area contributed by atoms with E-state index in [1.165, 1.54) is 19.4 Å². The van der Waals surface area contributed by atoms with Crippen molar-refractivity contribution in [2.45, 2.75) is 6.61 Å². The molecule has 0 saturated heterocycles. The molecule has 17 heavy (non-hydrogen) atoms. The number of nitrogens with zero attached hydrogens (tertiary/aromatic N) is 1. The zero-order valence-corrected chi connectivity index (χ0v) is 9.35. The van der Waals surface area contributed by atoms with Gasteiger partial charge in [-0.3, -0.25) is 4.98 Å². The summed E-state index contributed by atoms with van der Waals surface area (Å²) in [6.45, 7) is -0.149. The molecule has 1 N–H and O–H groups in total. The molecule has 0 fully saturated rings. The van der Waals surface area contributed by atoms with E-state index in [9.17, 15) is 9.50 Å². The van der Waals surface area contributed by atoms with Gasteiger partial charge in [0.1, 0.15) is 11.6 Å². The van der Waals surface area contributed by atoms with Crippen LogP contribution in [-0.4, -0.2) is 17.2 Å². The van der Waals surface area contributed by atoms with E-state index in [0.29, 0.717) is 22.4 Å². The molecule has 0 bridgehead atoms. The van der Waals surface area contributed by atoms with E-state index in [0.717, 1.165) is 0 Å². The van der Waals surface area contributed by atoms with Gasteiger partial charge in [0.25, 0.3) is 0 Å². The highest BCUT2D eigenvalue weighted by atomic mass is 19.1. The Morgan fingerprint density at radius 1 is 1.29 bits per heavy atom. The third kappa shape index (κ3) is 2.26. The molecule has 2 rings (SSSR count). The second-order valence-corrected chi connectivity index (χ2v) is 3.54. The fourth-order valence-corrected chi connectivity index (χ4v) is 1.64. The van der Waals surface area contributed by atoms with Crippen LogP contribution in [0, 0.1) is 5.82 Å². The van der Waals surface area contributed by atoms with Crippen molar-refractivity contribution in [3.05, 3.63) is 48.0 Å². The Hall–Kier alpha value is -1.94. The van der Waals surface area contributed by atoms with Crippen LogP contribution in [0.5, 0.6) is 5.75 Å². The normalized spacial score (nSPS) is 10.3. The van der Waals surface area contributed by atoms with Crippen LogP contribution in [0.2, 0.25) is 0 Å². The van der Waals surface area contributed by atoms with Crippen LogP contribution in [0.3, 0.4) is 0 Å². The highest BCUT2D eigenvalue weighted by molar-refractivity contribution is 5.67. The smallest absolute Gasteiger partial charge is 0.134 e. The number of ether oxygens (including phenoxy) is 1. The van der Waals surface area contributed by atoms with Gasteiger partial charge in [0.2, 0.25) is 0 Å². The van der Waals surface area contributed by atoms with Gasteiger partial charge in [0.05, 0.1) is 13.7 Å². The van der Waals surface area contributed by atoms with Crippen LogP contribution in [0.1, 0.15) is 5.56 Å². The van der Waals surface area contributed by atoms with Gasteiger partial charge in [-0.25, -0.2) is 4.39 Å². The van der Waals surface area contributed by atoms with Gasteiger partial charge in [0, 0.05) is 29.6 Å². The Kier molecular flexibility index (Phi) is 3.35. The molecular formula is C13H12FNO2. The zero-order valence-electron chi connectivity index (χ0n) is 9.35. The summed E-state index contributed by atoms with van der Waals surface area (Å²) in [6.07, 6.45) is 3.10. The highest BCUT2D eigenvalue weighted by Gasteiger charge is 2.10. The summed E-state index contributed by atoms with van der Waals surface area (Å²) in [5.74, 6) is 0.0627. The Bertz CT molecular complexity index is 529. The summed E-state index contributed by atoms with van der Waals surface area (Å²) >= 11 is 0. The number of hydrogen-bond acceptors (Lipinski definition) is 3. The van der Waals surface area contributed by atoms with Gasteiger partial charge < -0.3 is 9.84 Å². The lowest BCUT2D eigenvalue weighted by Gasteiger charge is -2.09. The first-order valence-corrected chi connectivity index (χ1v) is 5.14. The SMILES string of the molecule is COc1ccc(-c2cnccc2CO)c(F)c1. The van der Waals surface area contributed by atoms with Gasteiger partial charge in [-0.2, -0.15) is 0 Å². The maximum atomic E-state index is 13.8. The van der Waals surface area contributed by atoms with Crippen molar-refractivity contribution in [2.75, 3.05) is 7.11 Å². The molecule has 0 spiro atoms. The predicted molar refractivity (Wildman–Crippen MR) is 62.1 cm³/mol. The molecule has 0 atom stereocenters. The van der Waals surface area contributed by atoms with Crippen molar-refractivity contribution in [3.63, 3.8) is 0 Å². The molecule has 1 heterocycles. The summed E-state index contributed by atoms with van der Waals surface area (Å²) in [4.78, 5) is 3.94. The minimum atomic E-state index is -0.396. The van der Waals surface area contributed by atoms with Crippen molar-refractivity contribution in [1.82, 2.24) is 4.98 Å². The maximum Gasteiger partial charge on any atom is 0.134 e. The van der Waals surface area contributed by atoms with E-state index in [2.05, 4.69) is 4.98 Å². The summed E-state index contributed by atoms with van der Waals surface area (Å²) in [7, 11) is 1.48. The van der Waals surface area contributed by atoms with Gasteiger partial charge in [-0.15, -0.1) is 0 Å². The van der Waals surface area contributed by atoms with Crippen LogP contribution in [0.4, 0.5) is 4.39 Å². The quantitative estimate of drug-likeness (QED) is 0.885. The minimum absolute atomic E-state index is 0.149. The molecule has 1 aromatic carbocycles. The Labute approximate surface area is 98.5 Å². The molecule has 3 nitrogen and oxygen atoms in total. The van der Waals surface area contributed by atoms with Crippen LogP contribution in [-0.2, 0) is 6.61 Å². The zero-order chi connectivity index (χ0) is 12.3. The molecule has 0 amide bonds. The van der Waals surface area contributed by atoms with Crippen LogP contribution in [0.25, 0.3) is 11.1 Å². The predicted octanol–water partition coefficient (Wildman–Crippen LogP) is 2.39. The average Bonchev–Trinajstić information content (AvgIpc) is 2.38. The van der Waals surface area contributed by atoms with E-state index < -0.39 is 5.82 Å². The van der Waals surface area contributed by atoms with Gasteiger partial charge in [-0.05, 0) is 23.8 Å². The number of rotatable bonds is 3. The molecule has 0 aliphatic carbocycles. The molecule has 4 heteroatoms. The van der Waals surface area contributed by atoms with E-state index >= 15 is 0 Å². The number of hydrogen-bond donors (Lipinski definition) is 1. The Morgan fingerprint density at radius 2 is 2.12 bits per heavy atom. The van der Waals surface area contributed by atoms with Crippen molar-refractivity contribution in [1.29, 1.82) is 0 Å². The fraction of sp³-hybridized carbons (Fsp3) is 0.154. The topological polar surface area (TPSA) is 42.4 Å². The van der Waals surface area contributed by atoms with Crippen molar-refractivity contribution in [3.8, 4) is 16.9 Å². The minimum Gasteiger partial charge on any atom is -0.497 e. The number of aliphatic hydroxyl groups excluding tert-OH is 1. The molecule has 88 valence electrons. The molecular weight excluding hydrogens is 221 g/mol. The van der Waals surface area contributed by atoms with Crippen molar-refractivity contribution < 1.29 is 14.2 Å². The largest absolute Gasteiger partial charge is 0.497 e. The van der Waals surface area contributed by atoms with Gasteiger partial charge >= 0.3 is 0 Å². The molecule has 1 aromatic heterocycles. The summed E-state index contributed by atoms with van der Waals surface area (Å²) in [5, 5.41) is 9.20.